The Hall–Kier alpha value is -2.41. The van der Waals surface area contributed by atoms with E-state index < -0.39 is 29.9 Å². The Morgan fingerprint density at radius 1 is 1.13 bits per heavy atom. The van der Waals surface area contributed by atoms with Gasteiger partial charge in [-0.15, -0.1) is 0 Å². The Morgan fingerprint density at radius 2 is 1.80 bits per heavy atom. The summed E-state index contributed by atoms with van der Waals surface area (Å²) < 4.78 is 5.38. The molecule has 6 nitrogen and oxygen atoms in total. The summed E-state index contributed by atoms with van der Waals surface area (Å²) in [5.74, 6) is 0. The number of ether oxygens (including phenoxy) is 1. The van der Waals surface area contributed by atoms with Gasteiger partial charge in [-0.05, 0) is 43.9 Å². The quantitative estimate of drug-likeness (QED) is 0.561. The van der Waals surface area contributed by atoms with E-state index in [0.29, 0.717) is 12.8 Å². The number of carbonyl (C=O) groups excluding carboxylic acids is 1. The van der Waals surface area contributed by atoms with Crippen LogP contribution in [-0.4, -0.2) is 46.7 Å². The molecule has 0 unspecified atom stereocenters. The molecule has 4 atom stereocenters. The molecule has 0 fully saturated rings. The topological polar surface area (TPSA) is 90.8 Å². The summed E-state index contributed by atoms with van der Waals surface area (Å²) in [6, 6.07) is 16.8. The molecule has 162 valence electrons. The Morgan fingerprint density at radius 3 is 2.50 bits per heavy atom. The maximum absolute atomic E-state index is 12.3. The summed E-state index contributed by atoms with van der Waals surface area (Å²) in [4.78, 5) is 12.3. The predicted molar refractivity (Wildman–Crippen MR) is 116 cm³/mol. The number of amides is 1. The number of hydrogen-bond donors (Lipinski definition) is 4. The van der Waals surface area contributed by atoms with E-state index >= 15 is 0 Å². The van der Waals surface area contributed by atoms with Crippen molar-refractivity contribution in [2.45, 2.75) is 63.5 Å². The fourth-order valence-corrected chi connectivity index (χ4v) is 3.82. The normalized spacial score (nSPS) is 20.3. The molecule has 0 saturated carbocycles. The number of aliphatic hydroxyl groups is 2. The molecule has 0 heterocycles. The lowest BCUT2D eigenvalue weighted by atomic mass is 10.0. The van der Waals surface area contributed by atoms with E-state index in [9.17, 15) is 15.0 Å². The van der Waals surface area contributed by atoms with Crippen LogP contribution < -0.4 is 10.6 Å². The van der Waals surface area contributed by atoms with Crippen molar-refractivity contribution in [1.29, 1.82) is 0 Å². The highest BCUT2D eigenvalue weighted by Crippen LogP contribution is 2.31. The van der Waals surface area contributed by atoms with Gasteiger partial charge in [0, 0.05) is 13.0 Å². The number of benzene rings is 2. The van der Waals surface area contributed by atoms with Crippen molar-refractivity contribution < 1.29 is 19.7 Å². The Kier molecular flexibility index (Phi) is 7.13. The molecule has 0 bridgehead atoms. The third-order valence-electron chi connectivity index (χ3n) is 5.22. The zero-order chi connectivity index (χ0) is 21.7. The minimum Gasteiger partial charge on any atom is -0.444 e. The smallest absolute Gasteiger partial charge is 0.407 e. The van der Waals surface area contributed by atoms with E-state index in [1.54, 1.807) is 20.8 Å². The fraction of sp³-hybridized carbons (Fsp3) is 0.458. The molecule has 2 aromatic rings. The lowest BCUT2D eigenvalue weighted by molar-refractivity contribution is 0.0410. The minimum atomic E-state index is -0.863. The predicted octanol–water partition coefficient (Wildman–Crippen LogP) is 2.73. The van der Waals surface area contributed by atoms with Gasteiger partial charge >= 0.3 is 6.09 Å². The zero-order valence-corrected chi connectivity index (χ0v) is 17.8. The first-order valence-electron chi connectivity index (χ1n) is 10.4. The molecule has 0 radical (unpaired) electrons. The second kappa shape index (κ2) is 9.60. The van der Waals surface area contributed by atoms with Crippen LogP contribution in [0.25, 0.3) is 0 Å². The molecular weight excluding hydrogens is 380 g/mol. The molecule has 0 saturated heterocycles. The molecule has 4 N–H and O–H groups in total. The summed E-state index contributed by atoms with van der Waals surface area (Å²) in [6.45, 7) is 5.63. The number of fused-ring (bicyclic) bond motifs is 1. The molecule has 30 heavy (non-hydrogen) atoms. The van der Waals surface area contributed by atoms with Crippen LogP contribution in [0.2, 0.25) is 0 Å². The van der Waals surface area contributed by atoms with Crippen LogP contribution in [0.3, 0.4) is 0 Å². The van der Waals surface area contributed by atoms with Gasteiger partial charge in [0.1, 0.15) is 5.60 Å². The van der Waals surface area contributed by atoms with Crippen LogP contribution in [-0.2, 0) is 17.6 Å². The van der Waals surface area contributed by atoms with Gasteiger partial charge in [-0.25, -0.2) is 4.79 Å². The highest BCUT2D eigenvalue weighted by Gasteiger charge is 2.32. The maximum Gasteiger partial charge on any atom is 0.407 e. The molecule has 1 aliphatic rings. The van der Waals surface area contributed by atoms with Crippen molar-refractivity contribution >= 4 is 6.09 Å². The first kappa shape index (κ1) is 22.3. The Balaban J connectivity index is 1.66. The number of hydrogen-bond acceptors (Lipinski definition) is 5. The van der Waals surface area contributed by atoms with Crippen LogP contribution in [0.15, 0.2) is 54.6 Å². The molecule has 2 aromatic carbocycles. The van der Waals surface area contributed by atoms with Gasteiger partial charge in [0.2, 0.25) is 0 Å². The monoisotopic (exact) mass is 412 g/mol. The number of rotatable bonds is 7. The molecule has 1 aliphatic carbocycles. The summed E-state index contributed by atoms with van der Waals surface area (Å²) >= 11 is 0. The third-order valence-corrected chi connectivity index (χ3v) is 5.22. The van der Waals surface area contributed by atoms with Gasteiger partial charge in [-0.1, -0.05) is 54.6 Å². The van der Waals surface area contributed by atoms with Crippen LogP contribution in [0.5, 0.6) is 0 Å². The molecule has 3 rings (SSSR count). The van der Waals surface area contributed by atoms with Crippen molar-refractivity contribution in [2.75, 3.05) is 6.54 Å². The molecule has 1 amide bonds. The van der Waals surface area contributed by atoms with Gasteiger partial charge in [0.15, 0.2) is 0 Å². The van der Waals surface area contributed by atoms with E-state index in [0.717, 1.165) is 16.7 Å². The van der Waals surface area contributed by atoms with Gasteiger partial charge in [0.25, 0.3) is 0 Å². The molecule has 0 aliphatic heterocycles. The van der Waals surface area contributed by atoms with Crippen LogP contribution >= 0.6 is 0 Å². The molecular formula is C24H32N2O4. The lowest BCUT2D eigenvalue weighted by Gasteiger charge is -2.28. The summed E-state index contributed by atoms with van der Waals surface area (Å²) in [6.07, 6.45) is -0.910. The largest absolute Gasteiger partial charge is 0.444 e. The van der Waals surface area contributed by atoms with Crippen molar-refractivity contribution in [1.82, 2.24) is 10.6 Å². The zero-order valence-electron chi connectivity index (χ0n) is 17.8. The van der Waals surface area contributed by atoms with Gasteiger partial charge in [-0.2, -0.15) is 0 Å². The highest BCUT2D eigenvalue weighted by atomic mass is 16.6. The van der Waals surface area contributed by atoms with E-state index in [4.69, 9.17) is 4.74 Å². The number of nitrogens with one attached hydrogen (secondary N) is 2. The van der Waals surface area contributed by atoms with Gasteiger partial charge < -0.3 is 25.6 Å². The van der Waals surface area contributed by atoms with E-state index in [1.807, 2.05) is 54.6 Å². The first-order valence-corrected chi connectivity index (χ1v) is 10.4. The average Bonchev–Trinajstić information content (AvgIpc) is 3.00. The van der Waals surface area contributed by atoms with Crippen LogP contribution in [0.1, 0.15) is 43.5 Å². The lowest BCUT2D eigenvalue weighted by Crippen LogP contribution is -2.50. The summed E-state index contributed by atoms with van der Waals surface area (Å²) in [5, 5.41) is 27.4. The van der Waals surface area contributed by atoms with Crippen molar-refractivity contribution in [3.8, 4) is 0 Å². The first-order chi connectivity index (χ1) is 14.2. The van der Waals surface area contributed by atoms with E-state index in [-0.39, 0.29) is 12.6 Å². The molecule has 0 aromatic heterocycles. The maximum atomic E-state index is 12.3. The molecule has 0 spiro atoms. The van der Waals surface area contributed by atoms with Crippen molar-refractivity contribution in [3.63, 3.8) is 0 Å². The minimum absolute atomic E-state index is 0.226. The second-order valence-electron chi connectivity index (χ2n) is 8.87. The SMILES string of the molecule is CC(C)(C)OC(=O)N[C@@H](Cc1ccccc1)[C@@H](O)CN[C@H]1c2ccccc2C[C@H]1O. The van der Waals surface area contributed by atoms with Crippen LogP contribution in [0, 0.1) is 0 Å². The summed E-state index contributed by atoms with van der Waals surface area (Å²) in [5.41, 5.74) is 2.55. The van der Waals surface area contributed by atoms with Crippen molar-refractivity contribution in [3.05, 3.63) is 71.3 Å². The second-order valence-corrected chi connectivity index (χ2v) is 8.87. The Labute approximate surface area is 178 Å². The standard InChI is InChI=1S/C24H32N2O4/c1-24(2,3)30-23(29)26-19(13-16-9-5-4-6-10-16)21(28)15-25-22-18-12-8-7-11-17(18)14-20(22)27/h4-12,19-22,25,27-28H,13-15H2,1-3H3,(H,26,29)/t19-,20+,21-,22-/m0/s1. The van der Waals surface area contributed by atoms with E-state index in [2.05, 4.69) is 10.6 Å². The Bertz CT molecular complexity index is 835. The number of alkyl carbamates (subject to hydrolysis) is 1. The van der Waals surface area contributed by atoms with Crippen LogP contribution in [0.4, 0.5) is 4.79 Å². The van der Waals surface area contributed by atoms with Gasteiger partial charge in [-0.3, -0.25) is 0 Å². The molecule has 6 heteroatoms. The summed E-state index contributed by atoms with van der Waals surface area (Å²) in [7, 11) is 0. The highest BCUT2D eigenvalue weighted by molar-refractivity contribution is 5.68. The number of aliphatic hydroxyl groups excluding tert-OH is 2. The average molecular weight is 413 g/mol. The van der Waals surface area contributed by atoms with E-state index in [1.165, 1.54) is 0 Å². The van der Waals surface area contributed by atoms with Gasteiger partial charge in [0.05, 0.1) is 24.3 Å². The van der Waals surface area contributed by atoms with Crippen molar-refractivity contribution in [2.24, 2.45) is 0 Å². The third kappa shape index (κ3) is 6.05. The fourth-order valence-electron chi connectivity index (χ4n) is 3.82. The number of carbonyl (C=O) groups is 1.